The zero-order valence-electron chi connectivity index (χ0n) is 13.7. The maximum Gasteiger partial charge on any atom is 0.387 e. The van der Waals surface area contributed by atoms with E-state index < -0.39 is 6.61 Å². The van der Waals surface area contributed by atoms with Gasteiger partial charge in [-0.1, -0.05) is 12.1 Å². The molecule has 6 nitrogen and oxygen atoms in total. The Labute approximate surface area is 152 Å². The Bertz CT molecular complexity index is 872. The molecule has 0 fully saturated rings. The molecule has 2 aromatic heterocycles. The van der Waals surface area contributed by atoms with Gasteiger partial charge in [-0.05, 0) is 23.8 Å². The molecule has 0 aliphatic carbocycles. The number of thiazole rings is 1. The summed E-state index contributed by atoms with van der Waals surface area (Å²) in [6, 6.07) is 7.84. The first-order valence-corrected chi connectivity index (χ1v) is 8.43. The van der Waals surface area contributed by atoms with E-state index in [-0.39, 0.29) is 11.7 Å². The van der Waals surface area contributed by atoms with E-state index in [0.29, 0.717) is 23.1 Å². The van der Waals surface area contributed by atoms with Crippen LogP contribution < -0.4 is 4.74 Å². The molecule has 26 heavy (non-hydrogen) atoms. The number of carbonyl (C=O) groups is 1. The number of halogens is 2. The lowest BCUT2D eigenvalue weighted by atomic mass is 10.2. The molecule has 0 saturated carbocycles. The third-order valence-corrected chi connectivity index (χ3v) is 4.23. The van der Waals surface area contributed by atoms with Gasteiger partial charge in [-0.2, -0.15) is 8.78 Å². The molecule has 0 aliphatic rings. The molecule has 0 unspecified atom stereocenters. The van der Waals surface area contributed by atoms with Crippen molar-refractivity contribution in [2.75, 3.05) is 7.05 Å². The fourth-order valence-corrected chi connectivity index (χ4v) is 2.94. The van der Waals surface area contributed by atoms with Crippen LogP contribution in [0.5, 0.6) is 5.75 Å². The lowest BCUT2D eigenvalue weighted by Gasteiger charge is -2.16. The molecule has 0 radical (unpaired) electrons. The Balaban J connectivity index is 1.65. The fourth-order valence-electron chi connectivity index (χ4n) is 2.20. The van der Waals surface area contributed by atoms with Gasteiger partial charge >= 0.3 is 6.61 Å². The summed E-state index contributed by atoms with van der Waals surface area (Å²) < 4.78 is 28.6. The van der Waals surface area contributed by atoms with Crippen LogP contribution in [-0.4, -0.2) is 39.4 Å². The van der Waals surface area contributed by atoms with Gasteiger partial charge in [0.15, 0.2) is 10.8 Å². The van der Waals surface area contributed by atoms with E-state index in [0.717, 1.165) is 5.56 Å². The summed E-state index contributed by atoms with van der Waals surface area (Å²) in [5.74, 6) is 0.287. The third-order valence-electron chi connectivity index (χ3n) is 3.40. The van der Waals surface area contributed by atoms with Gasteiger partial charge in [0.25, 0.3) is 5.91 Å². The molecule has 0 aliphatic heterocycles. The second-order valence-electron chi connectivity index (χ2n) is 5.29. The average Bonchev–Trinajstić information content (AvgIpc) is 3.13. The number of ether oxygens (including phenoxy) is 1. The van der Waals surface area contributed by atoms with Crippen LogP contribution in [0.15, 0.2) is 48.1 Å². The van der Waals surface area contributed by atoms with Crippen LogP contribution in [0.2, 0.25) is 0 Å². The highest BCUT2D eigenvalue weighted by molar-refractivity contribution is 7.13. The van der Waals surface area contributed by atoms with Gasteiger partial charge in [-0.25, -0.2) is 15.0 Å². The molecule has 1 amide bonds. The molecule has 3 rings (SSSR count). The van der Waals surface area contributed by atoms with E-state index in [2.05, 4.69) is 19.7 Å². The lowest BCUT2D eigenvalue weighted by Crippen LogP contribution is -2.26. The van der Waals surface area contributed by atoms with Crippen LogP contribution in [-0.2, 0) is 6.54 Å². The maximum absolute atomic E-state index is 12.5. The summed E-state index contributed by atoms with van der Waals surface area (Å²) in [7, 11) is 1.64. The van der Waals surface area contributed by atoms with E-state index in [1.807, 2.05) is 0 Å². The van der Waals surface area contributed by atoms with Crippen LogP contribution in [0.1, 0.15) is 16.1 Å². The summed E-state index contributed by atoms with van der Waals surface area (Å²) in [5.41, 5.74) is 1.09. The number of benzene rings is 1. The average molecular weight is 376 g/mol. The minimum atomic E-state index is -2.86. The number of amides is 1. The predicted octanol–water partition coefficient (Wildman–Crippen LogP) is 3.47. The molecule has 1 aromatic carbocycles. The number of rotatable bonds is 6. The fraction of sp³-hybridized carbons (Fsp3) is 0.176. The molecule has 0 saturated heterocycles. The minimum absolute atomic E-state index is 0.0738. The molecular formula is C17H14F2N4O2S. The largest absolute Gasteiger partial charge is 0.435 e. The molecule has 0 N–H and O–H groups in total. The number of hydrogen-bond donors (Lipinski definition) is 0. The van der Waals surface area contributed by atoms with Crippen LogP contribution in [0.25, 0.3) is 10.8 Å². The molecular weight excluding hydrogens is 362 g/mol. The van der Waals surface area contributed by atoms with Crippen LogP contribution in [0.3, 0.4) is 0 Å². The van der Waals surface area contributed by atoms with Crippen molar-refractivity contribution in [3.8, 4) is 16.6 Å². The number of aromatic nitrogens is 3. The van der Waals surface area contributed by atoms with Crippen molar-refractivity contribution < 1.29 is 18.3 Å². The van der Waals surface area contributed by atoms with Gasteiger partial charge in [-0.3, -0.25) is 4.79 Å². The van der Waals surface area contributed by atoms with Crippen molar-refractivity contribution in [1.82, 2.24) is 19.9 Å². The smallest absolute Gasteiger partial charge is 0.387 e. The maximum atomic E-state index is 12.5. The number of nitrogens with zero attached hydrogens (tertiary/aromatic N) is 4. The zero-order chi connectivity index (χ0) is 18.5. The molecule has 3 aromatic rings. The zero-order valence-corrected chi connectivity index (χ0v) is 14.5. The Morgan fingerprint density at radius 1 is 1.23 bits per heavy atom. The molecule has 134 valence electrons. The minimum Gasteiger partial charge on any atom is -0.435 e. The van der Waals surface area contributed by atoms with Crippen LogP contribution in [0, 0.1) is 0 Å². The second-order valence-corrected chi connectivity index (χ2v) is 6.15. The number of hydrogen-bond acceptors (Lipinski definition) is 6. The normalized spacial score (nSPS) is 10.8. The van der Waals surface area contributed by atoms with Gasteiger partial charge < -0.3 is 9.64 Å². The van der Waals surface area contributed by atoms with E-state index >= 15 is 0 Å². The predicted molar refractivity (Wildman–Crippen MR) is 92.0 cm³/mol. The van der Waals surface area contributed by atoms with E-state index in [4.69, 9.17) is 0 Å². The SMILES string of the molecule is CN(Cc1ccc(OC(F)F)cc1)C(=O)c1csc(-c2ncccn2)n1. The first-order valence-electron chi connectivity index (χ1n) is 7.55. The van der Waals surface area contributed by atoms with Crippen molar-refractivity contribution in [2.24, 2.45) is 0 Å². The van der Waals surface area contributed by atoms with Gasteiger partial charge in [-0.15, -0.1) is 11.3 Å². The Morgan fingerprint density at radius 2 is 1.92 bits per heavy atom. The second kappa shape index (κ2) is 7.96. The van der Waals surface area contributed by atoms with Crippen molar-refractivity contribution in [3.05, 3.63) is 59.4 Å². The first-order chi connectivity index (χ1) is 12.5. The highest BCUT2D eigenvalue weighted by atomic mass is 32.1. The molecule has 0 atom stereocenters. The number of carbonyl (C=O) groups excluding carboxylic acids is 1. The summed E-state index contributed by atoms with van der Waals surface area (Å²) in [5, 5.41) is 2.22. The molecule has 0 bridgehead atoms. The Kier molecular flexibility index (Phi) is 5.47. The molecule has 2 heterocycles. The van der Waals surface area contributed by atoms with Crippen molar-refractivity contribution in [1.29, 1.82) is 0 Å². The van der Waals surface area contributed by atoms with Crippen molar-refractivity contribution in [2.45, 2.75) is 13.2 Å². The molecule has 0 spiro atoms. The monoisotopic (exact) mass is 376 g/mol. The van der Waals surface area contributed by atoms with E-state index in [9.17, 15) is 13.6 Å². The Morgan fingerprint density at radius 3 is 2.58 bits per heavy atom. The lowest BCUT2D eigenvalue weighted by molar-refractivity contribution is -0.0498. The van der Waals surface area contributed by atoms with Gasteiger partial charge in [0.2, 0.25) is 0 Å². The van der Waals surface area contributed by atoms with Gasteiger partial charge in [0, 0.05) is 31.4 Å². The summed E-state index contributed by atoms with van der Waals surface area (Å²) >= 11 is 1.29. The van der Waals surface area contributed by atoms with Crippen LogP contribution in [0.4, 0.5) is 8.78 Å². The summed E-state index contributed by atoms with van der Waals surface area (Å²) in [4.78, 5) is 26.5. The van der Waals surface area contributed by atoms with Crippen molar-refractivity contribution in [3.63, 3.8) is 0 Å². The topological polar surface area (TPSA) is 68.2 Å². The first kappa shape index (κ1) is 17.9. The Hall–Kier alpha value is -2.94. The van der Waals surface area contributed by atoms with Crippen LogP contribution >= 0.6 is 11.3 Å². The summed E-state index contributed by atoms with van der Waals surface area (Å²) in [6.45, 7) is -2.56. The number of alkyl halides is 2. The molecule has 9 heteroatoms. The quantitative estimate of drug-likeness (QED) is 0.659. The van der Waals surface area contributed by atoms with Gasteiger partial charge in [0.05, 0.1) is 0 Å². The van der Waals surface area contributed by atoms with Crippen molar-refractivity contribution >= 4 is 17.2 Å². The summed E-state index contributed by atoms with van der Waals surface area (Å²) in [6.07, 6.45) is 3.22. The van der Waals surface area contributed by atoms with E-state index in [1.165, 1.54) is 28.4 Å². The van der Waals surface area contributed by atoms with E-state index in [1.54, 1.807) is 43.0 Å². The standard InChI is InChI=1S/C17H14F2N4O2S/c1-23(9-11-3-5-12(6-4-11)25-17(18)19)16(24)13-10-26-15(22-13)14-20-7-2-8-21-14/h2-8,10,17H,9H2,1H3. The highest BCUT2D eigenvalue weighted by Gasteiger charge is 2.17. The third kappa shape index (κ3) is 4.37. The highest BCUT2D eigenvalue weighted by Crippen LogP contribution is 2.21. The van der Waals surface area contributed by atoms with Gasteiger partial charge in [0.1, 0.15) is 11.4 Å².